The average Bonchev–Trinajstić information content (AvgIpc) is 2.40. The van der Waals surface area contributed by atoms with Gasteiger partial charge in [0.25, 0.3) is 0 Å². The first-order valence-electron chi connectivity index (χ1n) is 8.38. The Morgan fingerprint density at radius 2 is 1.76 bits per heavy atom. The van der Waals surface area contributed by atoms with Crippen LogP contribution >= 0.6 is 0 Å². The van der Waals surface area contributed by atoms with Crippen molar-refractivity contribution < 1.29 is 9.53 Å². The van der Waals surface area contributed by atoms with E-state index in [0.29, 0.717) is 6.61 Å². The third kappa shape index (κ3) is 11.3. The predicted molar refractivity (Wildman–Crippen MR) is 91.2 cm³/mol. The molecule has 0 heterocycles. The molecule has 122 valence electrons. The summed E-state index contributed by atoms with van der Waals surface area (Å²) in [4.78, 5) is 11.3. The highest BCUT2D eigenvalue weighted by atomic mass is 16.5. The van der Waals surface area contributed by atoms with Gasteiger partial charge < -0.3 is 4.74 Å². The van der Waals surface area contributed by atoms with Gasteiger partial charge in [-0.3, -0.25) is 0 Å². The Hall–Kier alpha value is -1.05. The zero-order chi connectivity index (χ0) is 16.3. The van der Waals surface area contributed by atoms with Crippen molar-refractivity contribution >= 4 is 5.97 Å². The summed E-state index contributed by atoms with van der Waals surface area (Å²) in [5.41, 5.74) is 0.953. The molecule has 0 aliphatic carbocycles. The summed E-state index contributed by atoms with van der Waals surface area (Å²) in [5, 5.41) is 0. The van der Waals surface area contributed by atoms with E-state index in [9.17, 15) is 4.79 Å². The molecule has 0 aromatic heterocycles. The van der Waals surface area contributed by atoms with Crippen LogP contribution < -0.4 is 0 Å². The van der Waals surface area contributed by atoms with E-state index in [1.165, 1.54) is 19.3 Å². The average molecular weight is 294 g/mol. The van der Waals surface area contributed by atoms with Crippen LogP contribution in [-0.4, -0.2) is 12.6 Å². The maximum Gasteiger partial charge on any atom is 0.330 e. The molecular formula is C19H34O2. The van der Waals surface area contributed by atoms with Gasteiger partial charge in [0, 0.05) is 6.08 Å². The summed E-state index contributed by atoms with van der Waals surface area (Å²) in [5.74, 6) is 2.12. The number of hydrogen-bond donors (Lipinski definition) is 0. The first-order chi connectivity index (χ1) is 9.86. The van der Waals surface area contributed by atoms with E-state index in [1.54, 1.807) is 6.08 Å². The van der Waals surface area contributed by atoms with Gasteiger partial charge in [-0.2, -0.15) is 0 Å². The van der Waals surface area contributed by atoms with Gasteiger partial charge in [-0.05, 0) is 50.0 Å². The topological polar surface area (TPSA) is 26.3 Å². The second-order valence-electron chi connectivity index (χ2n) is 6.52. The highest BCUT2D eigenvalue weighted by Crippen LogP contribution is 2.21. The van der Waals surface area contributed by atoms with Crippen LogP contribution in [0.5, 0.6) is 0 Å². The molecule has 0 aliphatic heterocycles. The first kappa shape index (κ1) is 19.9. The lowest BCUT2D eigenvalue weighted by Gasteiger charge is -2.17. The molecule has 0 bridgehead atoms. The summed E-state index contributed by atoms with van der Waals surface area (Å²) < 4.78 is 4.88. The summed E-state index contributed by atoms with van der Waals surface area (Å²) in [6.45, 7) is 13.5. The molecule has 0 saturated carbocycles. The fraction of sp³-hybridized carbons (Fsp3) is 0.737. The quantitative estimate of drug-likeness (QED) is 0.300. The van der Waals surface area contributed by atoms with Crippen LogP contribution in [0.15, 0.2) is 23.8 Å². The van der Waals surface area contributed by atoms with Crippen molar-refractivity contribution in [2.24, 2.45) is 17.8 Å². The standard InChI is InChI=1S/C19H34O2/c1-7-21-19(20)14-17(5)11-9-8-10-16(4)12-13-18(6)15(2)3/h9,11,14-16,18H,7-8,10,12-13H2,1-6H3/b11-9+,17-14+. The molecule has 0 aliphatic rings. The van der Waals surface area contributed by atoms with Crippen LogP contribution in [0.25, 0.3) is 0 Å². The van der Waals surface area contributed by atoms with Crippen molar-refractivity contribution in [2.45, 2.75) is 67.2 Å². The van der Waals surface area contributed by atoms with Crippen LogP contribution in [-0.2, 0) is 9.53 Å². The molecule has 0 rings (SSSR count). The smallest absolute Gasteiger partial charge is 0.330 e. The minimum absolute atomic E-state index is 0.254. The van der Waals surface area contributed by atoms with Gasteiger partial charge in [-0.15, -0.1) is 0 Å². The van der Waals surface area contributed by atoms with Gasteiger partial charge in [0.05, 0.1) is 6.61 Å². The van der Waals surface area contributed by atoms with Gasteiger partial charge in [-0.25, -0.2) is 4.79 Å². The Kier molecular flexibility index (Phi) is 11.0. The van der Waals surface area contributed by atoms with Crippen LogP contribution in [0.1, 0.15) is 67.2 Å². The minimum atomic E-state index is -0.254. The summed E-state index contributed by atoms with van der Waals surface area (Å²) in [6, 6.07) is 0. The minimum Gasteiger partial charge on any atom is -0.463 e. The summed E-state index contributed by atoms with van der Waals surface area (Å²) in [6.07, 6.45) is 10.6. The van der Waals surface area contributed by atoms with Gasteiger partial charge in [0.2, 0.25) is 0 Å². The van der Waals surface area contributed by atoms with E-state index in [0.717, 1.165) is 29.7 Å². The van der Waals surface area contributed by atoms with E-state index >= 15 is 0 Å². The van der Waals surface area contributed by atoms with E-state index < -0.39 is 0 Å². The van der Waals surface area contributed by atoms with Gasteiger partial charge >= 0.3 is 5.97 Å². The molecule has 21 heavy (non-hydrogen) atoms. The van der Waals surface area contributed by atoms with E-state index in [1.807, 2.05) is 19.9 Å². The van der Waals surface area contributed by atoms with Crippen LogP contribution in [0.3, 0.4) is 0 Å². The molecule has 2 heteroatoms. The van der Waals surface area contributed by atoms with Gasteiger partial charge in [-0.1, -0.05) is 52.7 Å². The van der Waals surface area contributed by atoms with Crippen molar-refractivity contribution in [3.05, 3.63) is 23.8 Å². The van der Waals surface area contributed by atoms with Crippen molar-refractivity contribution in [3.8, 4) is 0 Å². The van der Waals surface area contributed by atoms with Crippen molar-refractivity contribution in [2.75, 3.05) is 6.61 Å². The molecule has 0 fully saturated rings. The van der Waals surface area contributed by atoms with Gasteiger partial charge in [0.1, 0.15) is 0 Å². The Bertz CT molecular complexity index is 339. The molecule has 2 nitrogen and oxygen atoms in total. The molecule has 0 radical (unpaired) electrons. The molecule has 2 unspecified atom stereocenters. The Morgan fingerprint density at radius 1 is 1.10 bits per heavy atom. The number of carbonyl (C=O) groups excluding carboxylic acids is 1. The highest BCUT2D eigenvalue weighted by Gasteiger charge is 2.09. The van der Waals surface area contributed by atoms with Crippen LogP contribution in [0, 0.1) is 17.8 Å². The number of ether oxygens (including phenoxy) is 1. The molecule has 0 spiro atoms. The first-order valence-corrected chi connectivity index (χ1v) is 8.38. The maximum atomic E-state index is 11.3. The zero-order valence-electron chi connectivity index (χ0n) is 14.8. The molecule has 0 amide bonds. The van der Waals surface area contributed by atoms with Crippen molar-refractivity contribution in [3.63, 3.8) is 0 Å². The van der Waals surface area contributed by atoms with Crippen LogP contribution in [0.2, 0.25) is 0 Å². The highest BCUT2D eigenvalue weighted by molar-refractivity contribution is 5.83. The number of esters is 1. The van der Waals surface area contributed by atoms with Crippen molar-refractivity contribution in [1.29, 1.82) is 0 Å². The lowest BCUT2D eigenvalue weighted by molar-refractivity contribution is -0.137. The van der Waals surface area contributed by atoms with E-state index in [-0.39, 0.29) is 5.97 Å². The van der Waals surface area contributed by atoms with E-state index in [2.05, 4.69) is 33.8 Å². The summed E-state index contributed by atoms with van der Waals surface area (Å²) in [7, 11) is 0. The van der Waals surface area contributed by atoms with Crippen molar-refractivity contribution in [1.82, 2.24) is 0 Å². The SMILES string of the molecule is CCOC(=O)/C=C(C)/C=C/CCC(C)CCC(C)C(C)C. The molecule has 0 N–H and O–H groups in total. The molecule has 0 saturated heterocycles. The predicted octanol–water partition coefficient (Wildman–Crippen LogP) is 5.54. The second kappa shape index (κ2) is 11.6. The second-order valence-corrected chi connectivity index (χ2v) is 6.52. The molecule has 0 aromatic rings. The normalized spacial score (nSPS) is 15.5. The fourth-order valence-electron chi connectivity index (χ4n) is 2.09. The third-order valence-electron chi connectivity index (χ3n) is 4.09. The zero-order valence-corrected chi connectivity index (χ0v) is 14.8. The fourth-order valence-corrected chi connectivity index (χ4v) is 2.09. The largest absolute Gasteiger partial charge is 0.463 e. The Labute approximate surface area is 131 Å². The Balaban J connectivity index is 3.91. The lowest BCUT2D eigenvalue weighted by atomic mass is 9.88. The number of hydrogen-bond acceptors (Lipinski definition) is 2. The number of rotatable bonds is 10. The maximum absolute atomic E-state index is 11.3. The number of allylic oxidation sites excluding steroid dienone is 3. The lowest BCUT2D eigenvalue weighted by Crippen LogP contribution is -2.06. The molecule has 0 aromatic carbocycles. The summed E-state index contributed by atoms with van der Waals surface area (Å²) >= 11 is 0. The monoisotopic (exact) mass is 294 g/mol. The molecule has 2 atom stereocenters. The third-order valence-corrected chi connectivity index (χ3v) is 4.09. The molecular weight excluding hydrogens is 260 g/mol. The van der Waals surface area contributed by atoms with E-state index in [4.69, 9.17) is 4.74 Å². The van der Waals surface area contributed by atoms with Crippen LogP contribution in [0.4, 0.5) is 0 Å². The number of carbonyl (C=O) groups is 1. The Morgan fingerprint density at radius 3 is 2.33 bits per heavy atom. The van der Waals surface area contributed by atoms with Gasteiger partial charge in [0.15, 0.2) is 0 Å².